The van der Waals surface area contributed by atoms with Crippen LogP contribution in [0.15, 0.2) is 24.3 Å². The van der Waals surface area contributed by atoms with Crippen molar-refractivity contribution in [3.05, 3.63) is 34.9 Å². The van der Waals surface area contributed by atoms with Crippen LogP contribution in [0.1, 0.15) is 44.2 Å². The minimum atomic E-state index is 0.0497. The van der Waals surface area contributed by atoms with Crippen LogP contribution in [0.25, 0.3) is 0 Å². The van der Waals surface area contributed by atoms with Crippen molar-refractivity contribution < 1.29 is 4.79 Å². The van der Waals surface area contributed by atoms with Crippen LogP contribution in [0.3, 0.4) is 0 Å². The highest BCUT2D eigenvalue weighted by Crippen LogP contribution is 2.16. The molecular formula is C18H28ClN3O. The number of hydrogen-bond donors (Lipinski definition) is 2. The van der Waals surface area contributed by atoms with Gasteiger partial charge < -0.3 is 15.5 Å². The summed E-state index contributed by atoms with van der Waals surface area (Å²) in [5.74, 6) is 0.0497. The lowest BCUT2D eigenvalue weighted by atomic mass is 10.1. The minimum Gasteiger partial charge on any atom is -0.354 e. The average Bonchev–Trinajstić information content (AvgIpc) is 2.81. The van der Waals surface area contributed by atoms with Gasteiger partial charge in [-0.15, -0.1) is 0 Å². The number of halogens is 1. The van der Waals surface area contributed by atoms with Crippen LogP contribution in [0.4, 0.5) is 0 Å². The lowest BCUT2D eigenvalue weighted by Crippen LogP contribution is -2.39. The number of carbonyl (C=O) groups excluding carboxylic acids is 1. The molecule has 1 aromatic rings. The Morgan fingerprint density at radius 3 is 2.70 bits per heavy atom. The molecule has 23 heavy (non-hydrogen) atoms. The Balaban J connectivity index is 1.62. The molecule has 1 amide bonds. The predicted octanol–water partition coefficient (Wildman–Crippen LogP) is 2.98. The largest absolute Gasteiger partial charge is 0.354 e. The molecule has 1 unspecified atom stereocenters. The molecule has 128 valence electrons. The topological polar surface area (TPSA) is 44.4 Å². The van der Waals surface area contributed by atoms with Gasteiger partial charge in [-0.05, 0) is 50.6 Å². The molecule has 0 spiro atoms. The van der Waals surface area contributed by atoms with Crippen molar-refractivity contribution in [3.63, 3.8) is 0 Å². The summed E-state index contributed by atoms with van der Waals surface area (Å²) in [6, 6.07) is 7.83. The van der Waals surface area contributed by atoms with E-state index in [-0.39, 0.29) is 11.9 Å². The molecule has 1 atom stereocenters. The molecule has 4 nitrogen and oxygen atoms in total. The number of amides is 1. The number of likely N-dealkylation sites (tertiary alicyclic amines) is 1. The minimum absolute atomic E-state index is 0.0497. The first-order chi connectivity index (χ1) is 11.1. The Kier molecular flexibility index (Phi) is 7.86. The first kappa shape index (κ1) is 18.2. The highest BCUT2D eigenvalue weighted by atomic mass is 35.5. The summed E-state index contributed by atoms with van der Waals surface area (Å²) in [5, 5.41) is 6.96. The van der Waals surface area contributed by atoms with E-state index in [1.807, 2.05) is 31.2 Å². The zero-order valence-electron chi connectivity index (χ0n) is 14.0. The van der Waals surface area contributed by atoms with Crippen LogP contribution in [0, 0.1) is 0 Å². The lowest BCUT2D eigenvalue weighted by molar-refractivity contribution is -0.120. The van der Waals surface area contributed by atoms with Gasteiger partial charge in [0.05, 0.1) is 6.54 Å². The molecule has 1 aliphatic heterocycles. The van der Waals surface area contributed by atoms with E-state index in [1.165, 1.54) is 38.8 Å². The number of benzene rings is 1. The monoisotopic (exact) mass is 337 g/mol. The maximum absolute atomic E-state index is 11.9. The number of nitrogens with one attached hydrogen (secondary N) is 2. The predicted molar refractivity (Wildman–Crippen MR) is 95.8 cm³/mol. The van der Waals surface area contributed by atoms with Crippen molar-refractivity contribution in [2.75, 3.05) is 32.7 Å². The molecule has 0 aromatic heterocycles. The summed E-state index contributed by atoms with van der Waals surface area (Å²) < 4.78 is 0. The first-order valence-electron chi connectivity index (χ1n) is 8.63. The fraction of sp³-hybridized carbons (Fsp3) is 0.611. The molecule has 0 bridgehead atoms. The fourth-order valence-electron chi connectivity index (χ4n) is 2.92. The molecule has 5 heteroatoms. The molecule has 0 saturated carbocycles. The van der Waals surface area contributed by atoms with E-state index in [4.69, 9.17) is 11.6 Å². The first-order valence-corrected chi connectivity index (χ1v) is 9.01. The zero-order chi connectivity index (χ0) is 16.5. The molecule has 2 N–H and O–H groups in total. The number of rotatable bonds is 7. The number of nitrogens with zero attached hydrogens (tertiary/aromatic N) is 1. The van der Waals surface area contributed by atoms with E-state index < -0.39 is 0 Å². The SMILES string of the molecule is CC(NCC(=O)NCCN1CCCCCC1)c1cccc(Cl)c1. The highest BCUT2D eigenvalue weighted by Gasteiger charge is 2.10. The van der Waals surface area contributed by atoms with Gasteiger partial charge in [-0.2, -0.15) is 0 Å². The van der Waals surface area contributed by atoms with Crippen LogP contribution in [-0.2, 0) is 4.79 Å². The quantitative estimate of drug-likeness (QED) is 0.804. The van der Waals surface area contributed by atoms with Gasteiger partial charge in [0, 0.05) is 24.2 Å². The molecule has 0 aliphatic carbocycles. The summed E-state index contributed by atoms with van der Waals surface area (Å²) in [6.45, 7) is 6.38. The summed E-state index contributed by atoms with van der Waals surface area (Å²) in [4.78, 5) is 14.4. The van der Waals surface area contributed by atoms with Crippen molar-refractivity contribution in [1.29, 1.82) is 0 Å². The Bertz CT molecular complexity index is 487. The Morgan fingerprint density at radius 1 is 1.26 bits per heavy atom. The number of carbonyl (C=O) groups is 1. The van der Waals surface area contributed by atoms with Crippen LogP contribution in [0.5, 0.6) is 0 Å². The molecule has 1 heterocycles. The Labute approximate surface area is 144 Å². The van der Waals surface area contributed by atoms with E-state index in [9.17, 15) is 4.79 Å². The standard InChI is InChI=1S/C18H28ClN3O/c1-15(16-7-6-8-17(19)13-16)21-14-18(23)20-9-12-22-10-4-2-3-5-11-22/h6-8,13,15,21H,2-5,9-12,14H2,1H3,(H,20,23). The molecule has 0 radical (unpaired) electrons. The second-order valence-electron chi connectivity index (χ2n) is 6.26. The van der Waals surface area contributed by atoms with Crippen molar-refractivity contribution in [2.24, 2.45) is 0 Å². The number of hydrogen-bond acceptors (Lipinski definition) is 3. The van der Waals surface area contributed by atoms with Gasteiger partial charge in [-0.1, -0.05) is 36.6 Å². The molecule has 2 rings (SSSR count). The second-order valence-corrected chi connectivity index (χ2v) is 6.70. The van der Waals surface area contributed by atoms with E-state index in [2.05, 4.69) is 15.5 Å². The summed E-state index contributed by atoms with van der Waals surface area (Å²) in [5.41, 5.74) is 1.09. The fourth-order valence-corrected chi connectivity index (χ4v) is 3.11. The third-order valence-corrected chi connectivity index (χ3v) is 4.60. The molecule has 1 saturated heterocycles. The summed E-state index contributed by atoms with van der Waals surface area (Å²) >= 11 is 5.99. The van der Waals surface area contributed by atoms with Gasteiger partial charge in [0.2, 0.25) is 5.91 Å². The molecule has 1 fully saturated rings. The third kappa shape index (κ3) is 6.90. The van der Waals surface area contributed by atoms with Gasteiger partial charge in [0.15, 0.2) is 0 Å². The van der Waals surface area contributed by atoms with Crippen molar-refractivity contribution in [1.82, 2.24) is 15.5 Å². The van der Waals surface area contributed by atoms with Crippen LogP contribution >= 0.6 is 11.6 Å². The Hall–Kier alpha value is -1.10. The average molecular weight is 338 g/mol. The summed E-state index contributed by atoms with van der Waals surface area (Å²) in [7, 11) is 0. The Morgan fingerprint density at radius 2 is 2.00 bits per heavy atom. The van der Waals surface area contributed by atoms with Crippen LogP contribution in [-0.4, -0.2) is 43.5 Å². The molecule has 1 aromatic carbocycles. The van der Waals surface area contributed by atoms with Gasteiger partial charge in [0.25, 0.3) is 0 Å². The van der Waals surface area contributed by atoms with Gasteiger partial charge in [0.1, 0.15) is 0 Å². The molecular weight excluding hydrogens is 310 g/mol. The maximum atomic E-state index is 11.9. The van der Waals surface area contributed by atoms with Crippen molar-refractivity contribution >= 4 is 17.5 Å². The van der Waals surface area contributed by atoms with E-state index in [0.717, 1.165) is 23.7 Å². The lowest BCUT2D eigenvalue weighted by Gasteiger charge is -2.20. The van der Waals surface area contributed by atoms with Crippen molar-refractivity contribution in [3.8, 4) is 0 Å². The zero-order valence-corrected chi connectivity index (χ0v) is 14.7. The third-order valence-electron chi connectivity index (χ3n) is 4.37. The van der Waals surface area contributed by atoms with Gasteiger partial charge in [-0.3, -0.25) is 4.79 Å². The van der Waals surface area contributed by atoms with Gasteiger partial charge >= 0.3 is 0 Å². The maximum Gasteiger partial charge on any atom is 0.234 e. The smallest absolute Gasteiger partial charge is 0.234 e. The van der Waals surface area contributed by atoms with Gasteiger partial charge in [-0.25, -0.2) is 0 Å². The van der Waals surface area contributed by atoms with Crippen molar-refractivity contribution in [2.45, 2.75) is 38.6 Å². The van der Waals surface area contributed by atoms with E-state index >= 15 is 0 Å². The normalized spacial score (nSPS) is 17.5. The highest BCUT2D eigenvalue weighted by molar-refractivity contribution is 6.30. The van der Waals surface area contributed by atoms with Crippen LogP contribution < -0.4 is 10.6 Å². The van der Waals surface area contributed by atoms with Crippen LogP contribution in [0.2, 0.25) is 5.02 Å². The van der Waals surface area contributed by atoms with E-state index in [0.29, 0.717) is 6.54 Å². The second kappa shape index (κ2) is 9.91. The molecule has 1 aliphatic rings. The summed E-state index contributed by atoms with van der Waals surface area (Å²) in [6.07, 6.45) is 5.25. The van der Waals surface area contributed by atoms with E-state index in [1.54, 1.807) is 0 Å².